The van der Waals surface area contributed by atoms with Crippen molar-refractivity contribution < 1.29 is 28.8 Å². The van der Waals surface area contributed by atoms with Gasteiger partial charge < -0.3 is 9.47 Å². The van der Waals surface area contributed by atoms with E-state index in [1.807, 2.05) is 6.92 Å². The number of amides is 4. The molecule has 0 saturated carbocycles. The van der Waals surface area contributed by atoms with Gasteiger partial charge in [-0.15, -0.1) is 6.58 Å². The van der Waals surface area contributed by atoms with Gasteiger partial charge in [-0.25, -0.2) is 9.69 Å². The van der Waals surface area contributed by atoms with E-state index in [0.29, 0.717) is 40.3 Å². The molecular weight excluding hydrogens is 582 g/mol. The SMILES string of the molecule is C=CCc1cc(/C=C2\C(=O)NC(=O)N(c3ccc(Br)c(C)c3)C2=O)cc(OC)c1OCc1ccc([N+](=O)[O-])cc1. The monoisotopic (exact) mass is 605 g/mol. The van der Waals surface area contributed by atoms with Crippen LogP contribution in [0.3, 0.4) is 0 Å². The number of nitrogens with zero attached hydrogens (tertiary/aromatic N) is 2. The first-order chi connectivity index (χ1) is 19.1. The van der Waals surface area contributed by atoms with Crippen LogP contribution >= 0.6 is 15.9 Å². The van der Waals surface area contributed by atoms with Gasteiger partial charge in [0.25, 0.3) is 17.5 Å². The molecule has 1 saturated heterocycles. The first-order valence-electron chi connectivity index (χ1n) is 12.0. The number of allylic oxidation sites excluding steroid dienone is 1. The molecule has 0 bridgehead atoms. The molecule has 0 unspecified atom stereocenters. The Kier molecular flexibility index (Phi) is 8.44. The lowest BCUT2D eigenvalue weighted by Crippen LogP contribution is -2.54. The average molecular weight is 606 g/mol. The summed E-state index contributed by atoms with van der Waals surface area (Å²) in [6, 6.07) is 13.5. The van der Waals surface area contributed by atoms with Crippen molar-refractivity contribution in [2.45, 2.75) is 20.0 Å². The molecule has 0 radical (unpaired) electrons. The van der Waals surface area contributed by atoms with E-state index in [4.69, 9.17) is 9.47 Å². The Labute approximate surface area is 238 Å². The molecule has 1 fully saturated rings. The smallest absolute Gasteiger partial charge is 0.335 e. The molecule has 1 aliphatic heterocycles. The number of rotatable bonds is 9. The molecule has 1 heterocycles. The number of carbonyl (C=O) groups excluding carboxylic acids is 3. The van der Waals surface area contributed by atoms with Gasteiger partial charge in [0.05, 0.1) is 17.7 Å². The first kappa shape index (κ1) is 28.2. The minimum atomic E-state index is -0.839. The highest BCUT2D eigenvalue weighted by atomic mass is 79.9. The molecule has 0 aromatic heterocycles. The Morgan fingerprint density at radius 1 is 1.10 bits per heavy atom. The number of hydrogen-bond acceptors (Lipinski definition) is 7. The summed E-state index contributed by atoms with van der Waals surface area (Å²) >= 11 is 3.40. The van der Waals surface area contributed by atoms with Crippen molar-refractivity contribution in [3.05, 3.63) is 110 Å². The van der Waals surface area contributed by atoms with Gasteiger partial charge in [-0.1, -0.05) is 22.0 Å². The summed E-state index contributed by atoms with van der Waals surface area (Å²) in [5, 5.41) is 13.1. The quantitative estimate of drug-likeness (QED) is 0.110. The van der Waals surface area contributed by atoms with Crippen LogP contribution in [-0.4, -0.2) is 29.9 Å². The summed E-state index contributed by atoms with van der Waals surface area (Å²) < 4.78 is 12.4. The Hall–Kier alpha value is -4.77. The topological polar surface area (TPSA) is 128 Å². The second-order valence-electron chi connectivity index (χ2n) is 8.81. The molecule has 0 aliphatic carbocycles. The van der Waals surface area contributed by atoms with Crippen LogP contribution < -0.4 is 19.7 Å². The van der Waals surface area contributed by atoms with E-state index in [1.165, 1.54) is 25.3 Å². The molecule has 11 heteroatoms. The van der Waals surface area contributed by atoms with Crippen molar-refractivity contribution in [1.29, 1.82) is 0 Å². The molecule has 10 nitrogen and oxygen atoms in total. The fraction of sp³-hybridized carbons (Fsp3) is 0.138. The van der Waals surface area contributed by atoms with E-state index >= 15 is 0 Å². The second-order valence-corrected chi connectivity index (χ2v) is 9.66. The zero-order valence-corrected chi connectivity index (χ0v) is 23.2. The van der Waals surface area contributed by atoms with Gasteiger partial charge in [0.2, 0.25) is 0 Å². The number of methoxy groups -OCH3 is 1. The number of benzene rings is 3. The van der Waals surface area contributed by atoms with Crippen LogP contribution in [0, 0.1) is 17.0 Å². The number of urea groups is 1. The van der Waals surface area contributed by atoms with Gasteiger partial charge in [0, 0.05) is 22.2 Å². The minimum Gasteiger partial charge on any atom is -0.493 e. The van der Waals surface area contributed by atoms with Crippen molar-refractivity contribution in [2.75, 3.05) is 12.0 Å². The van der Waals surface area contributed by atoms with Crippen molar-refractivity contribution >= 4 is 51.2 Å². The summed E-state index contributed by atoms with van der Waals surface area (Å²) in [4.78, 5) is 50.0. The van der Waals surface area contributed by atoms with E-state index in [2.05, 4.69) is 27.8 Å². The predicted octanol–water partition coefficient (Wildman–Crippen LogP) is 5.65. The summed E-state index contributed by atoms with van der Waals surface area (Å²) in [6.07, 6.45) is 3.43. The number of barbiturate groups is 1. The van der Waals surface area contributed by atoms with Crippen LogP contribution in [0.1, 0.15) is 22.3 Å². The van der Waals surface area contributed by atoms with E-state index in [9.17, 15) is 24.5 Å². The molecular formula is C29H24BrN3O7. The highest BCUT2D eigenvalue weighted by molar-refractivity contribution is 9.10. The molecule has 4 amide bonds. The average Bonchev–Trinajstić information content (AvgIpc) is 2.92. The standard InChI is InChI=1S/C29H24BrN3O7/c1-4-5-20-13-19(15-25(39-3)26(20)40-16-18-6-8-21(9-7-18)33(37)38)14-23-27(34)31-29(36)32(28(23)35)22-10-11-24(30)17(2)12-22/h4,6-15H,1,5,16H2,2-3H3,(H,31,34,36)/b23-14+. The van der Waals surface area contributed by atoms with E-state index in [1.54, 1.807) is 48.5 Å². The van der Waals surface area contributed by atoms with E-state index in [0.717, 1.165) is 14.9 Å². The third-order valence-electron chi connectivity index (χ3n) is 6.08. The number of non-ortho nitro benzene ring substituents is 1. The van der Waals surface area contributed by atoms with Gasteiger partial charge in [-0.3, -0.25) is 25.0 Å². The number of halogens is 1. The number of hydrogen-bond donors (Lipinski definition) is 1. The number of ether oxygens (including phenoxy) is 2. The molecule has 0 atom stereocenters. The van der Waals surface area contributed by atoms with E-state index < -0.39 is 22.8 Å². The maximum absolute atomic E-state index is 13.4. The Balaban J connectivity index is 1.67. The van der Waals surface area contributed by atoms with Crippen molar-refractivity contribution in [2.24, 2.45) is 0 Å². The van der Waals surface area contributed by atoms with Gasteiger partial charge in [0.15, 0.2) is 11.5 Å². The lowest BCUT2D eigenvalue weighted by atomic mass is 10.0. The van der Waals surface area contributed by atoms with Crippen molar-refractivity contribution in [3.63, 3.8) is 0 Å². The highest BCUT2D eigenvalue weighted by Crippen LogP contribution is 2.35. The number of aryl methyl sites for hydroxylation is 1. The zero-order chi connectivity index (χ0) is 29.0. The third-order valence-corrected chi connectivity index (χ3v) is 6.97. The van der Waals surface area contributed by atoms with Crippen LogP contribution in [-0.2, 0) is 22.6 Å². The molecule has 1 aliphatic rings. The van der Waals surface area contributed by atoms with Crippen molar-refractivity contribution in [1.82, 2.24) is 5.32 Å². The van der Waals surface area contributed by atoms with Gasteiger partial charge in [-0.05, 0) is 78.6 Å². The lowest BCUT2D eigenvalue weighted by Gasteiger charge is -2.27. The third kappa shape index (κ3) is 5.94. The lowest BCUT2D eigenvalue weighted by molar-refractivity contribution is -0.384. The number of nitro groups is 1. The number of nitro benzene ring substituents is 1. The molecule has 40 heavy (non-hydrogen) atoms. The fourth-order valence-corrected chi connectivity index (χ4v) is 4.33. The number of nitrogens with one attached hydrogen (secondary N) is 1. The summed E-state index contributed by atoms with van der Waals surface area (Å²) in [7, 11) is 1.46. The Bertz CT molecular complexity index is 1560. The number of imide groups is 2. The van der Waals surface area contributed by atoms with Crippen LogP contribution in [0.5, 0.6) is 11.5 Å². The van der Waals surface area contributed by atoms with Crippen LogP contribution in [0.4, 0.5) is 16.2 Å². The Morgan fingerprint density at radius 3 is 2.45 bits per heavy atom. The first-order valence-corrected chi connectivity index (χ1v) is 12.8. The minimum absolute atomic E-state index is 0.0251. The van der Waals surface area contributed by atoms with Gasteiger partial charge in [-0.2, -0.15) is 0 Å². The van der Waals surface area contributed by atoms with Gasteiger partial charge in [0.1, 0.15) is 12.2 Å². The largest absolute Gasteiger partial charge is 0.493 e. The fourth-order valence-electron chi connectivity index (χ4n) is 4.09. The molecule has 204 valence electrons. The summed E-state index contributed by atoms with van der Waals surface area (Å²) in [5.41, 5.74) is 2.72. The Morgan fingerprint density at radius 2 is 1.82 bits per heavy atom. The zero-order valence-electron chi connectivity index (χ0n) is 21.6. The van der Waals surface area contributed by atoms with E-state index in [-0.39, 0.29) is 17.9 Å². The molecule has 1 N–H and O–H groups in total. The molecule has 0 spiro atoms. The van der Waals surface area contributed by atoms with Gasteiger partial charge >= 0.3 is 6.03 Å². The van der Waals surface area contributed by atoms with Crippen molar-refractivity contribution in [3.8, 4) is 11.5 Å². The number of anilines is 1. The highest BCUT2D eigenvalue weighted by Gasteiger charge is 2.37. The molecule has 3 aromatic rings. The summed E-state index contributed by atoms with van der Waals surface area (Å²) in [5.74, 6) is -0.821. The number of carbonyl (C=O) groups is 3. The van der Waals surface area contributed by atoms with Crippen LogP contribution in [0.25, 0.3) is 6.08 Å². The van der Waals surface area contributed by atoms with Crippen LogP contribution in [0.2, 0.25) is 0 Å². The normalized spacial score (nSPS) is 14.2. The maximum Gasteiger partial charge on any atom is 0.335 e. The molecule has 3 aromatic carbocycles. The van der Waals surface area contributed by atoms with Crippen LogP contribution in [0.15, 0.2) is 77.3 Å². The maximum atomic E-state index is 13.4. The second kappa shape index (κ2) is 12.0. The predicted molar refractivity (Wildman–Crippen MR) is 152 cm³/mol. The molecule has 4 rings (SSSR count). The summed E-state index contributed by atoms with van der Waals surface area (Å²) in [6.45, 7) is 5.72.